The largest absolute Gasteiger partial charge is 0.465 e. The van der Waals surface area contributed by atoms with Crippen LogP contribution < -0.4 is 5.32 Å². The van der Waals surface area contributed by atoms with Crippen molar-refractivity contribution in [2.75, 3.05) is 32.1 Å². The molecule has 8 nitrogen and oxygen atoms in total. The third-order valence-electron chi connectivity index (χ3n) is 4.45. The predicted octanol–water partition coefficient (Wildman–Crippen LogP) is 2.62. The average Bonchev–Trinajstić information content (AvgIpc) is 3.35. The standard InChI is InChI=1S/C19H18N4O4S/c1-26-19(25)12-4-6-14(7-5-12)20-16(24)11-23-9-13(10-23)18-21-17(22-27-18)15-3-2-8-28-15/h2-8,13H,9-11H2,1H3,(H,20,24). The number of thiophene rings is 1. The lowest BCUT2D eigenvalue weighted by Crippen LogP contribution is -2.48. The number of nitrogens with zero attached hydrogens (tertiary/aromatic N) is 3. The van der Waals surface area contributed by atoms with Crippen LogP contribution in [0.4, 0.5) is 5.69 Å². The number of hydrogen-bond acceptors (Lipinski definition) is 8. The van der Waals surface area contributed by atoms with Crippen LogP contribution in [0.5, 0.6) is 0 Å². The molecule has 1 saturated heterocycles. The molecule has 0 aliphatic carbocycles. The molecule has 0 saturated carbocycles. The van der Waals surface area contributed by atoms with Gasteiger partial charge in [0.25, 0.3) is 0 Å². The van der Waals surface area contributed by atoms with E-state index in [1.807, 2.05) is 22.4 Å². The second kappa shape index (κ2) is 7.91. The van der Waals surface area contributed by atoms with Gasteiger partial charge in [-0.3, -0.25) is 9.69 Å². The molecular weight excluding hydrogens is 380 g/mol. The van der Waals surface area contributed by atoms with Gasteiger partial charge in [0.2, 0.25) is 17.6 Å². The van der Waals surface area contributed by atoms with E-state index in [0.717, 1.165) is 4.88 Å². The van der Waals surface area contributed by atoms with E-state index in [1.54, 1.807) is 35.6 Å². The highest BCUT2D eigenvalue weighted by atomic mass is 32.1. The molecular formula is C19H18N4O4S. The molecule has 3 aromatic rings. The van der Waals surface area contributed by atoms with Gasteiger partial charge in [-0.2, -0.15) is 4.98 Å². The van der Waals surface area contributed by atoms with Gasteiger partial charge in [0.1, 0.15) is 0 Å². The molecule has 0 spiro atoms. The molecule has 0 atom stereocenters. The van der Waals surface area contributed by atoms with Crippen LogP contribution in [0.2, 0.25) is 0 Å². The quantitative estimate of drug-likeness (QED) is 0.638. The first kappa shape index (κ1) is 18.3. The number of aromatic nitrogens is 2. The number of ether oxygens (including phenoxy) is 1. The molecule has 28 heavy (non-hydrogen) atoms. The van der Waals surface area contributed by atoms with Crippen LogP contribution in [0.15, 0.2) is 46.3 Å². The minimum Gasteiger partial charge on any atom is -0.465 e. The van der Waals surface area contributed by atoms with E-state index >= 15 is 0 Å². The first-order valence-electron chi connectivity index (χ1n) is 8.70. The number of nitrogens with one attached hydrogen (secondary N) is 1. The Hall–Kier alpha value is -3.04. The summed E-state index contributed by atoms with van der Waals surface area (Å²) in [6.07, 6.45) is 0. The van der Waals surface area contributed by atoms with Crippen molar-refractivity contribution in [1.29, 1.82) is 0 Å². The maximum atomic E-state index is 12.2. The lowest BCUT2D eigenvalue weighted by atomic mass is 10.0. The van der Waals surface area contributed by atoms with Gasteiger partial charge in [-0.15, -0.1) is 11.3 Å². The molecule has 1 fully saturated rings. The first-order chi connectivity index (χ1) is 13.6. The van der Waals surface area contributed by atoms with Crippen LogP contribution in [0, 0.1) is 0 Å². The molecule has 1 aromatic carbocycles. The van der Waals surface area contributed by atoms with Crippen molar-refractivity contribution in [3.8, 4) is 10.7 Å². The van der Waals surface area contributed by atoms with E-state index in [-0.39, 0.29) is 18.4 Å². The Balaban J connectivity index is 1.25. The zero-order chi connectivity index (χ0) is 19.5. The third kappa shape index (κ3) is 3.95. The van der Waals surface area contributed by atoms with E-state index in [1.165, 1.54) is 7.11 Å². The highest BCUT2D eigenvalue weighted by molar-refractivity contribution is 7.13. The van der Waals surface area contributed by atoms with Gasteiger partial charge in [-0.1, -0.05) is 11.2 Å². The number of rotatable bonds is 6. The third-order valence-corrected chi connectivity index (χ3v) is 5.31. The first-order valence-corrected chi connectivity index (χ1v) is 9.58. The van der Waals surface area contributed by atoms with Crippen LogP contribution in [0.3, 0.4) is 0 Å². The molecule has 4 rings (SSSR count). The van der Waals surface area contributed by atoms with E-state index in [0.29, 0.717) is 36.1 Å². The number of methoxy groups -OCH3 is 1. The van der Waals surface area contributed by atoms with Crippen LogP contribution in [-0.2, 0) is 9.53 Å². The Bertz CT molecular complexity index is 962. The maximum Gasteiger partial charge on any atom is 0.337 e. The molecule has 0 radical (unpaired) electrons. The summed E-state index contributed by atoms with van der Waals surface area (Å²) in [7, 11) is 1.33. The maximum absolute atomic E-state index is 12.2. The SMILES string of the molecule is COC(=O)c1ccc(NC(=O)CN2CC(c3nc(-c4cccs4)no3)C2)cc1. The summed E-state index contributed by atoms with van der Waals surface area (Å²) in [6, 6.07) is 10.5. The number of esters is 1. The average molecular weight is 398 g/mol. The Morgan fingerprint density at radius 3 is 2.75 bits per heavy atom. The van der Waals surface area contributed by atoms with Gasteiger partial charge in [-0.05, 0) is 35.7 Å². The van der Waals surface area contributed by atoms with Crippen molar-refractivity contribution < 1.29 is 18.8 Å². The lowest BCUT2D eigenvalue weighted by Gasteiger charge is -2.36. The zero-order valence-electron chi connectivity index (χ0n) is 15.1. The van der Waals surface area contributed by atoms with Gasteiger partial charge in [0, 0.05) is 18.8 Å². The Labute approximate surface area is 165 Å². The molecule has 1 amide bonds. The second-order valence-corrected chi connectivity index (χ2v) is 7.39. The van der Waals surface area contributed by atoms with Crippen molar-refractivity contribution in [3.05, 3.63) is 53.2 Å². The summed E-state index contributed by atoms with van der Waals surface area (Å²) in [5.74, 6) is 0.838. The summed E-state index contributed by atoms with van der Waals surface area (Å²) in [4.78, 5) is 31.1. The Morgan fingerprint density at radius 1 is 1.29 bits per heavy atom. The van der Waals surface area contributed by atoms with Gasteiger partial charge < -0.3 is 14.6 Å². The second-order valence-electron chi connectivity index (χ2n) is 6.44. The molecule has 2 aromatic heterocycles. The summed E-state index contributed by atoms with van der Waals surface area (Å²) in [5.41, 5.74) is 1.07. The fourth-order valence-electron chi connectivity index (χ4n) is 2.97. The molecule has 1 aliphatic rings. The number of anilines is 1. The van der Waals surface area contributed by atoms with Crippen molar-refractivity contribution in [1.82, 2.24) is 15.0 Å². The molecule has 9 heteroatoms. The molecule has 0 unspecified atom stereocenters. The lowest BCUT2D eigenvalue weighted by molar-refractivity contribution is -0.118. The van der Waals surface area contributed by atoms with Crippen LogP contribution >= 0.6 is 11.3 Å². The molecule has 1 N–H and O–H groups in total. The van der Waals surface area contributed by atoms with Crippen molar-refractivity contribution in [2.24, 2.45) is 0 Å². The van der Waals surface area contributed by atoms with E-state index in [2.05, 4.69) is 20.2 Å². The summed E-state index contributed by atoms with van der Waals surface area (Å²) in [6.45, 7) is 1.67. The topological polar surface area (TPSA) is 97.6 Å². The van der Waals surface area contributed by atoms with E-state index in [4.69, 9.17) is 4.52 Å². The van der Waals surface area contributed by atoms with Crippen molar-refractivity contribution in [2.45, 2.75) is 5.92 Å². The Kier molecular flexibility index (Phi) is 5.18. The number of carbonyl (C=O) groups excluding carboxylic acids is 2. The number of hydrogen-bond donors (Lipinski definition) is 1. The summed E-state index contributed by atoms with van der Waals surface area (Å²) >= 11 is 1.57. The molecule has 3 heterocycles. The Morgan fingerprint density at radius 2 is 2.07 bits per heavy atom. The minimum absolute atomic E-state index is 0.117. The van der Waals surface area contributed by atoms with Gasteiger partial charge in [0.05, 0.1) is 30.0 Å². The number of carbonyl (C=O) groups is 2. The highest BCUT2D eigenvalue weighted by Gasteiger charge is 2.33. The molecule has 144 valence electrons. The van der Waals surface area contributed by atoms with Crippen LogP contribution in [0.25, 0.3) is 10.7 Å². The van der Waals surface area contributed by atoms with Crippen LogP contribution in [0.1, 0.15) is 22.2 Å². The fraction of sp³-hybridized carbons (Fsp3) is 0.263. The van der Waals surface area contributed by atoms with E-state index in [9.17, 15) is 9.59 Å². The van der Waals surface area contributed by atoms with Crippen molar-refractivity contribution >= 4 is 28.9 Å². The molecule has 0 bridgehead atoms. The highest BCUT2D eigenvalue weighted by Crippen LogP contribution is 2.28. The van der Waals surface area contributed by atoms with Gasteiger partial charge in [0.15, 0.2) is 0 Å². The van der Waals surface area contributed by atoms with E-state index < -0.39 is 5.97 Å². The number of likely N-dealkylation sites (tertiary alicyclic amines) is 1. The predicted molar refractivity (Wildman–Crippen MR) is 103 cm³/mol. The smallest absolute Gasteiger partial charge is 0.337 e. The summed E-state index contributed by atoms with van der Waals surface area (Å²) < 4.78 is 10.0. The van der Waals surface area contributed by atoms with Gasteiger partial charge >= 0.3 is 5.97 Å². The molecule has 1 aliphatic heterocycles. The minimum atomic E-state index is -0.409. The summed E-state index contributed by atoms with van der Waals surface area (Å²) in [5, 5.41) is 8.81. The van der Waals surface area contributed by atoms with Crippen LogP contribution in [-0.4, -0.2) is 53.7 Å². The number of benzene rings is 1. The van der Waals surface area contributed by atoms with Gasteiger partial charge in [-0.25, -0.2) is 4.79 Å². The zero-order valence-corrected chi connectivity index (χ0v) is 15.9. The normalized spacial score (nSPS) is 14.5. The fourth-order valence-corrected chi connectivity index (χ4v) is 3.62. The number of amides is 1. The monoisotopic (exact) mass is 398 g/mol. The van der Waals surface area contributed by atoms with Crippen molar-refractivity contribution in [3.63, 3.8) is 0 Å².